The molecule has 0 amide bonds. The molecule has 4 rings (SSSR count). The third-order valence-corrected chi connectivity index (χ3v) is 5.88. The van der Waals surface area contributed by atoms with Crippen LogP contribution in [-0.2, 0) is 6.54 Å². The normalized spacial score (nSPS) is 17.9. The average Bonchev–Trinajstić information content (AvgIpc) is 3.33. The fraction of sp³-hybridized carbons (Fsp3) is 0.368. The van der Waals surface area contributed by atoms with Gasteiger partial charge in [0, 0.05) is 12.1 Å². The lowest BCUT2D eigenvalue weighted by Crippen LogP contribution is -2.23. The highest BCUT2D eigenvalue weighted by molar-refractivity contribution is 6.42. The van der Waals surface area contributed by atoms with Crippen molar-refractivity contribution in [2.45, 2.75) is 39.3 Å². The first-order chi connectivity index (χ1) is 12.5. The van der Waals surface area contributed by atoms with Gasteiger partial charge >= 0.3 is 0 Å². The number of H-pyrrole nitrogens is 1. The second-order valence-electron chi connectivity index (χ2n) is 6.80. The minimum atomic E-state index is 0.256. The van der Waals surface area contributed by atoms with E-state index in [4.69, 9.17) is 27.7 Å². The predicted molar refractivity (Wildman–Crippen MR) is 102 cm³/mol. The number of aromatic nitrogens is 3. The summed E-state index contributed by atoms with van der Waals surface area (Å²) >= 11 is 12.2. The lowest BCUT2D eigenvalue weighted by molar-refractivity contribution is 0.244. The van der Waals surface area contributed by atoms with E-state index in [9.17, 15) is 0 Å². The molecule has 1 unspecified atom stereocenters. The van der Waals surface area contributed by atoms with Gasteiger partial charge in [0.05, 0.1) is 39.2 Å². The van der Waals surface area contributed by atoms with Crippen LogP contribution in [0, 0.1) is 13.8 Å². The number of rotatable bonds is 4. The van der Waals surface area contributed by atoms with Crippen molar-refractivity contribution >= 4 is 23.2 Å². The average molecular weight is 391 g/mol. The Bertz CT molecular complexity index is 934. The van der Waals surface area contributed by atoms with Gasteiger partial charge < -0.3 is 4.52 Å². The molecule has 136 valence electrons. The van der Waals surface area contributed by atoms with E-state index in [-0.39, 0.29) is 6.04 Å². The Morgan fingerprint density at radius 1 is 1.27 bits per heavy atom. The van der Waals surface area contributed by atoms with Crippen LogP contribution in [0.2, 0.25) is 10.0 Å². The summed E-state index contributed by atoms with van der Waals surface area (Å²) in [6.07, 6.45) is 4.04. The van der Waals surface area contributed by atoms with Crippen LogP contribution in [0.4, 0.5) is 0 Å². The molecule has 0 radical (unpaired) electrons. The summed E-state index contributed by atoms with van der Waals surface area (Å²) in [7, 11) is 0. The molecule has 3 heterocycles. The molecular weight excluding hydrogens is 371 g/mol. The molecule has 0 saturated carbocycles. The molecule has 1 saturated heterocycles. The Kier molecular flexibility index (Phi) is 4.78. The van der Waals surface area contributed by atoms with Crippen LogP contribution in [0.15, 0.2) is 28.9 Å². The molecule has 1 aliphatic heterocycles. The fourth-order valence-corrected chi connectivity index (χ4v) is 3.93. The number of likely N-dealkylation sites (tertiary alicyclic amines) is 1. The van der Waals surface area contributed by atoms with Gasteiger partial charge in [-0.1, -0.05) is 34.4 Å². The van der Waals surface area contributed by atoms with E-state index in [0.717, 1.165) is 59.8 Å². The molecule has 1 aromatic carbocycles. The second-order valence-corrected chi connectivity index (χ2v) is 7.61. The monoisotopic (exact) mass is 390 g/mol. The number of aryl methyl sites for hydroxylation is 1. The van der Waals surface area contributed by atoms with Gasteiger partial charge in [0.15, 0.2) is 5.76 Å². The van der Waals surface area contributed by atoms with Gasteiger partial charge in [0.25, 0.3) is 0 Å². The summed E-state index contributed by atoms with van der Waals surface area (Å²) < 4.78 is 5.56. The van der Waals surface area contributed by atoms with Crippen LogP contribution < -0.4 is 0 Å². The quantitative estimate of drug-likeness (QED) is 0.654. The first-order valence-corrected chi connectivity index (χ1v) is 9.44. The molecule has 26 heavy (non-hydrogen) atoms. The fourth-order valence-electron chi connectivity index (χ4n) is 3.61. The van der Waals surface area contributed by atoms with Gasteiger partial charge in [0.1, 0.15) is 0 Å². The van der Waals surface area contributed by atoms with Crippen LogP contribution in [0.25, 0.3) is 11.3 Å². The zero-order valence-electron chi connectivity index (χ0n) is 14.7. The molecule has 2 aromatic heterocycles. The molecular formula is C19H20Cl2N4O. The molecule has 1 N–H and O–H groups in total. The molecule has 0 aliphatic carbocycles. The van der Waals surface area contributed by atoms with Crippen LogP contribution in [-0.4, -0.2) is 26.8 Å². The Balaban J connectivity index is 1.62. The van der Waals surface area contributed by atoms with Crippen molar-refractivity contribution in [1.82, 2.24) is 20.3 Å². The maximum Gasteiger partial charge on any atom is 0.173 e. The van der Waals surface area contributed by atoms with Crippen molar-refractivity contribution in [1.29, 1.82) is 0 Å². The van der Waals surface area contributed by atoms with Gasteiger partial charge in [-0.2, -0.15) is 5.10 Å². The maximum absolute atomic E-state index is 6.17. The van der Waals surface area contributed by atoms with Crippen molar-refractivity contribution in [2.24, 2.45) is 0 Å². The lowest BCUT2D eigenvalue weighted by Gasteiger charge is -2.24. The van der Waals surface area contributed by atoms with Gasteiger partial charge in [-0.3, -0.25) is 10.00 Å². The van der Waals surface area contributed by atoms with E-state index in [0.29, 0.717) is 10.0 Å². The Morgan fingerprint density at radius 3 is 2.85 bits per heavy atom. The van der Waals surface area contributed by atoms with E-state index in [1.807, 2.05) is 38.2 Å². The second kappa shape index (κ2) is 7.06. The molecule has 0 bridgehead atoms. The number of benzene rings is 1. The minimum Gasteiger partial charge on any atom is -0.356 e. The molecule has 3 aromatic rings. The van der Waals surface area contributed by atoms with Crippen molar-refractivity contribution in [3.8, 4) is 11.3 Å². The van der Waals surface area contributed by atoms with E-state index < -0.39 is 0 Å². The number of aromatic amines is 1. The van der Waals surface area contributed by atoms with Crippen LogP contribution in [0.3, 0.4) is 0 Å². The summed E-state index contributed by atoms with van der Waals surface area (Å²) in [6, 6.07) is 6.08. The first kappa shape index (κ1) is 17.6. The van der Waals surface area contributed by atoms with Crippen molar-refractivity contribution in [3.05, 3.63) is 57.0 Å². The molecule has 1 atom stereocenters. The molecule has 1 fully saturated rings. The maximum atomic E-state index is 6.17. The molecule has 0 spiro atoms. The topological polar surface area (TPSA) is 58.0 Å². The van der Waals surface area contributed by atoms with Crippen molar-refractivity contribution in [3.63, 3.8) is 0 Å². The van der Waals surface area contributed by atoms with E-state index in [2.05, 4.69) is 20.3 Å². The van der Waals surface area contributed by atoms with E-state index in [1.165, 1.54) is 0 Å². The van der Waals surface area contributed by atoms with Gasteiger partial charge in [-0.25, -0.2) is 0 Å². The van der Waals surface area contributed by atoms with Crippen LogP contribution >= 0.6 is 23.2 Å². The standard InChI is InChI=1S/C19H20Cl2N4O/c1-11-12(2)24-26-19(11)14-9-22-23-18(14)17-4-3-7-25(17)10-13-5-6-15(20)16(21)8-13/h5-6,8-9,17H,3-4,7,10H2,1-2H3,(H,22,23). The van der Waals surface area contributed by atoms with Crippen molar-refractivity contribution in [2.75, 3.05) is 6.54 Å². The zero-order chi connectivity index (χ0) is 18.3. The highest BCUT2D eigenvalue weighted by Crippen LogP contribution is 2.38. The van der Waals surface area contributed by atoms with Gasteiger partial charge in [-0.05, 0) is 50.9 Å². The lowest BCUT2D eigenvalue weighted by atomic mass is 10.0. The number of hydrogen-bond acceptors (Lipinski definition) is 4. The Morgan fingerprint density at radius 2 is 2.12 bits per heavy atom. The Hall–Kier alpha value is -1.82. The van der Waals surface area contributed by atoms with Crippen LogP contribution in [0.1, 0.15) is 41.4 Å². The minimum absolute atomic E-state index is 0.256. The molecule has 7 heteroatoms. The number of halogens is 2. The Labute approximate surface area is 162 Å². The highest BCUT2D eigenvalue weighted by Gasteiger charge is 2.31. The van der Waals surface area contributed by atoms with Crippen LogP contribution in [0.5, 0.6) is 0 Å². The summed E-state index contributed by atoms with van der Waals surface area (Å²) in [5.74, 6) is 0.799. The molecule has 5 nitrogen and oxygen atoms in total. The van der Waals surface area contributed by atoms with Gasteiger partial charge in [-0.15, -0.1) is 0 Å². The largest absolute Gasteiger partial charge is 0.356 e. The van der Waals surface area contributed by atoms with Crippen molar-refractivity contribution < 1.29 is 4.52 Å². The summed E-state index contributed by atoms with van der Waals surface area (Å²) in [5, 5.41) is 12.7. The van der Waals surface area contributed by atoms with E-state index in [1.54, 1.807) is 0 Å². The molecule has 1 aliphatic rings. The first-order valence-electron chi connectivity index (χ1n) is 8.69. The SMILES string of the molecule is Cc1noc(-c2cn[nH]c2C2CCCN2Cc2ccc(Cl)c(Cl)c2)c1C. The zero-order valence-corrected chi connectivity index (χ0v) is 16.2. The third-order valence-electron chi connectivity index (χ3n) is 5.14. The predicted octanol–water partition coefficient (Wildman–Crippen LogP) is 5.33. The summed E-state index contributed by atoms with van der Waals surface area (Å²) in [4.78, 5) is 2.44. The number of nitrogens with zero attached hydrogens (tertiary/aromatic N) is 3. The third kappa shape index (κ3) is 3.15. The summed E-state index contributed by atoms with van der Waals surface area (Å²) in [6.45, 7) is 5.82. The van der Waals surface area contributed by atoms with E-state index >= 15 is 0 Å². The number of hydrogen-bond donors (Lipinski definition) is 1. The van der Waals surface area contributed by atoms with Gasteiger partial charge in [0.2, 0.25) is 0 Å². The number of nitrogens with one attached hydrogen (secondary N) is 1. The summed E-state index contributed by atoms with van der Waals surface area (Å²) in [5.41, 5.74) is 5.20. The highest BCUT2D eigenvalue weighted by atomic mass is 35.5. The smallest absolute Gasteiger partial charge is 0.173 e.